The van der Waals surface area contributed by atoms with Crippen molar-refractivity contribution in [1.82, 2.24) is 0 Å². The minimum atomic E-state index is -0.118. The van der Waals surface area contributed by atoms with Crippen LogP contribution < -0.4 is 0 Å². The molecule has 0 bridgehead atoms. The Morgan fingerprint density at radius 2 is 1.83 bits per heavy atom. The van der Waals surface area contributed by atoms with Crippen molar-refractivity contribution in [2.24, 2.45) is 52.8 Å². The van der Waals surface area contributed by atoms with Gasteiger partial charge in [0.25, 0.3) is 0 Å². The summed E-state index contributed by atoms with van der Waals surface area (Å²) in [6.45, 7) is 14.5. The van der Waals surface area contributed by atoms with Gasteiger partial charge in [0.15, 0.2) is 0 Å². The number of allylic oxidation sites excluding steroid dienone is 5. The van der Waals surface area contributed by atoms with Crippen LogP contribution in [0.5, 0.6) is 0 Å². The molecule has 3 saturated carbocycles. The molecule has 0 radical (unpaired) electrons. The smallest absolute Gasteiger partial charge is 0.0580 e. The van der Waals surface area contributed by atoms with Crippen LogP contribution in [0, 0.1) is 52.8 Å². The molecule has 3 fully saturated rings. The van der Waals surface area contributed by atoms with Crippen molar-refractivity contribution >= 4 is 0 Å². The van der Waals surface area contributed by atoms with Crippen LogP contribution in [0.15, 0.2) is 35.5 Å². The van der Waals surface area contributed by atoms with Gasteiger partial charge in [-0.2, -0.15) is 0 Å². The summed E-state index contributed by atoms with van der Waals surface area (Å²) >= 11 is 0. The second-order valence-corrected chi connectivity index (χ2v) is 11.7. The Morgan fingerprint density at radius 1 is 1.07 bits per heavy atom. The fourth-order valence-corrected chi connectivity index (χ4v) is 7.73. The third kappa shape index (κ3) is 3.71. The largest absolute Gasteiger partial charge is 0.393 e. The topological polar surface area (TPSA) is 20.2 Å². The molecule has 4 aliphatic carbocycles. The fraction of sp³-hybridized carbons (Fsp3) is 0.786. The molecule has 0 spiro atoms. The van der Waals surface area contributed by atoms with Gasteiger partial charge in [-0.15, -0.1) is 0 Å². The lowest BCUT2D eigenvalue weighted by molar-refractivity contribution is 0.0512. The lowest BCUT2D eigenvalue weighted by Gasteiger charge is -2.52. The number of aliphatic hydroxyl groups excluding tert-OH is 1. The van der Waals surface area contributed by atoms with Gasteiger partial charge < -0.3 is 5.11 Å². The predicted octanol–water partition coefficient (Wildman–Crippen LogP) is 7.19. The van der Waals surface area contributed by atoms with Crippen LogP contribution in [-0.4, -0.2) is 11.2 Å². The third-order valence-electron chi connectivity index (χ3n) is 9.72. The van der Waals surface area contributed by atoms with Crippen LogP contribution in [0.1, 0.15) is 80.1 Å². The maximum atomic E-state index is 10.3. The van der Waals surface area contributed by atoms with Gasteiger partial charge in [-0.1, -0.05) is 77.0 Å². The van der Waals surface area contributed by atoms with Crippen molar-refractivity contribution in [3.63, 3.8) is 0 Å². The Kier molecular flexibility index (Phi) is 5.93. The van der Waals surface area contributed by atoms with Crippen molar-refractivity contribution in [2.75, 3.05) is 0 Å². The molecule has 0 aromatic carbocycles. The molecular weight excluding hydrogens is 352 g/mol. The highest BCUT2D eigenvalue weighted by molar-refractivity contribution is 5.36. The van der Waals surface area contributed by atoms with E-state index in [-0.39, 0.29) is 6.10 Å². The first kappa shape index (κ1) is 21.4. The summed E-state index contributed by atoms with van der Waals surface area (Å²) < 4.78 is 0. The summed E-state index contributed by atoms with van der Waals surface area (Å²) in [5.74, 6) is 5.76. The SMILES string of the molecule is CC(C)C(C)/C=C/C(C)C1CCC2C3=CC=C4CC(O)CC(C)C4C3CCC21C. The average Bonchev–Trinajstić information content (AvgIpc) is 3.02. The molecule has 0 aromatic heterocycles. The number of hydrogen-bond acceptors (Lipinski definition) is 1. The van der Waals surface area contributed by atoms with Crippen molar-refractivity contribution < 1.29 is 5.11 Å². The third-order valence-corrected chi connectivity index (χ3v) is 9.72. The number of hydrogen-bond donors (Lipinski definition) is 1. The summed E-state index contributed by atoms with van der Waals surface area (Å²) in [5, 5.41) is 10.3. The molecule has 1 N–H and O–H groups in total. The lowest BCUT2D eigenvalue weighted by atomic mass is 9.53. The maximum Gasteiger partial charge on any atom is 0.0580 e. The minimum Gasteiger partial charge on any atom is -0.393 e. The predicted molar refractivity (Wildman–Crippen MR) is 123 cm³/mol. The minimum absolute atomic E-state index is 0.118. The molecule has 162 valence electrons. The first-order chi connectivity index (χ1) is 13.7. The van der Waals surface area contributed by atoms with Crippen LogP contribution in [0.3, 0.4) is 0 Å². The Bertz CT molecular complexity index is 697. The van der Waals surface area contributed by atoms with Crippen LogP contribution >= 0.6 is 0 Å². The molecule has 0 aromatic rings. The Balaban J connectivity index is 1.55. The zero-order valence-corrected chi connectivity index (χ0v) is 19.7. The molecule has 29 heavy (non-hydrogen) atoms. The van der Waals surface area contributed by atoms with E-state index < -0.39 is 0 Å². The van der Waals surface area contributed by atoms with E-state index in [1.54, 1.807) is 11.1 Å². The zero-order chi connectivity index (χ0) is 20.9. The standard InChI is InChI=1S/C28H44O/c1-17(2)18(3)7-8-19(4)25-11-12-26-23-10-9-21-16-22(29)15-20(5)27(21)24(23)13-14-28(25,26)6/h7-10,17-20,22,24-27,29H,11-16H2,1-6H3/b8-7+. The highest BCUT2D eigenvalue weighted by Gasteiger charge is 2.54. The van der Waals surface area contributed by atoms with Gasteiger partial charge in [-0.25, -0.2) is 0 Å². The fourth-order valence-electron chi connectivity index (χ4n) is 7.73. The highest BCUT2D eigenvalue weighted by atomic mass is 16.3. The van der Waals surface area contributed by atoms with Gasteiger partial charge in [-0.3, -0.25) is 0 Å². The van der Waals surface area contributed by atoms with E-state index in [2.05, 4.69) is 65.8 Å². The van der Waals surface area contributed by atoms with Gasteiger partial charge >= 0.3 is 0 Å². The molecule has 9 atom stereocenters. The molecule has 0 heterocycles. The quantitative estimate of drug-likeness (QED) is 0.499. The van der Waals surface area contributed by atoms with Crippen molar-refractivity contribution in [2.45, 2.75) is 86.2 Å². The van der Waals surface area contributed by atoms with Crippen molar-refractivity contribution in [1.29, 1.82) is 0 Å². The number of aliphatic hydroxyl groups is 1. The molecule has 1 nitrogen and oxygen atoms in total. The van der Waals surface area contributed by atoms with Gasteiger partial charge in [0.2, 0.25) is 0 Å². The number of rotatable bonds is 4. The van der Waals surface area contributed by atoms with Crippen LogP contribution in [-0.2, 0) is 0 Å². The van der Waals surface area contributed by atoms with E-state index in [1.165, 1.54) is 25.7 Å². The first-order valence-electron chi connectivity index (χ1n) is 12.5. The van der Waals surface area contributed by atoms with E-state index >= 15 is 0 Å². The second-order valence-electron chi connectivity index (χ2n) is 11.7. The Hall–Kier alpha value is -0.820. The molecular formula is C28H44O. The molecule has 1 heteroatoms. The van der Waals surface area contributed by atoms with Crippen LogP contribution in [0.2, 0.25) is 0 Å². The Morgan fingerprint density at radius 3 is 2.55 bits per heavy atom. The lowest BCUT2D eigenvalue weighted by Crippen LogP contribution is -2.44. The highest BCUT2D eigenvalue weighted by Crippen LogP contribution is 2.63. The van der Waals surface area contributed by atoms with E-state index in [1.807, 2.05) is 0 Å². The summed E-state index contributed by atoms with van der Waals surface area (Å²) in [4.78, 5) is 0. The normalized spacial score (nSPS) is 44.0. The van der Waals surface area contributed by atoms with Gasteiger partial charge in [0, 0.05) is 0 Å². The van der Waals surface area contributed by atoms with Gasteiger partial charge in [0.1, 0.15) is 0 Å². The molecule has 0 saturated heterocycles. The molecule has 0 aliphatic heterocycles. The summed E-state index contributed by atoms with van der Waals surface area (Å²) in [6.07, 6.45) is 17.3. The van der Waals surface area contributed by atoms with Crippen molar-refractivity contribution in [3.8, 4) is 0 Å². The van der Waals surface area contributed by atoms with Crippen molar-refractivity contribution in [3.05, 3.63) is 35.5 Å². The summed E-state index contributed by atoms with van der Waals surface area (Å²) in [5.41, 5.74) is 3.79. The molecule has 4 rings (SSSR count). The van der Waals surface area contributed by atoms with Crippen LogP contribution in [0.4, 0.5) is 0 Å². The van der Waals surface area contributed by atoms with E-state index in [4.69, 9.17) is 0 Å². The van der Waals surface area contributed by atoms with Crippen LogP contribution in [0.25, 0.3) is 0 Å². The molecule has 9 unspecified atom stereocenters. The zero-order valence-electron chi connectivity index (χ0n) is 19.7. The summed E-state index contributed by atoms with van der Waals surface area (Å²) in [7, 11) is 0. The van der Waals surface area contributed by atoms with Gasteiger partial charge in [0.05, 0.1) is 6.10 Å². The first-order valence-corrected chi connectivity index (χ1v) is 12.5. The maximum absolute atomic E-state index is 10.3. The summed E-state index contributed by atoms with van der Waals surface area (Å²) in [6, 6.07) is 0. The van der Waals surface area contributed by atoms with E-state index in [0.717, 1.165) is 36.5 Å². The van der Waals surface area contributed by atoms with E-state index in [9.17, 15) is 5.11 Å². The molecule has 0 amide bonds. The van der Waals surface area contributed by atoms with Gasteiger partial charge in [-0.05, 0) is 91.3 Å². The Labute approximate surface area is 179 Å². The number of fused-ring (bicyclic) bond motifs is 5. The second kappa shape index (κ2) is 8.03. The molecule has 4 aliphatic rings. The van der Waals surface area contributed by atoms with E-state index in [0.29, 0.717) is 29.1 Å². The average molecular weight is 397 g/mol. The monoisotopic (exact) mass is 396 g/mol.